The second kappa shape index (κ2) is 10.2. The predicted octanol–water partition coefficient (Wildman–Crippen LogP) is 4.37. The Balaban J connectivity index is 1.62. The van der Waals surface area contributed by atoms with E-state index in [-0.39, 0.29) is 25.2 Å². The highest BCUT2D eigenvalue weighted by molar-refractivity contribution is 5.92. The van der Waals surface area contributed by atoms with Crippen LogP contribution in [0, 0.1) is 6.92 Å². The summed E-state index contributed by atoms with van der Waals surface area (Å²) in [6.45, 7) is 4.08. The first kappa shape index (κ1) is 25.5. The number of alkyl halides is 3. The topological polar surface area (TPSA) is 85.8 Å². The zero-order valence-electron chi connectivity index (χ0n) is 20.3. The van der Waals surface area contributed by atoms with E-state index in [9.17, 15) is 18.0 Å². The molecule has 1 aromatic heterocycles. The number of rotatable bonds is 7. The second-order valence-corrected chi connectivity index (χ2v) is 8.65. The molecular formula is C25H27F3N4O4. The predicted molar refractivity (Wildman–Crippen MR) is 127 cm³/mol. The number of amides is 1. The number of anilines is 1. The van der Waals surface area contributed by atoms with E-state index >= 15 is 0 Å². The lowest BCUT2D eigenvalue weighted by Gasteiger charge is -2.29. The monoisotopic (exact) mass is 504 g/mol. The summed E-state index contributed by atoms with van der Waals surface area (Å²) in [5.74, 6) is 1.73. The number of nitrogens with one attached hydrogen (secondary N) is 1. The van der Waals surface area contributed by atoms with Crippen LogP contribution in [0.25, 0.3) is 10.9 Å². The van der Waals surface area contributed by atoms with Gasteiger partial charge in [-0.1, -0.05) is 12.1 Å². The average molecular weight is 505 g/mol. The van der Waals surface area contributed by atoms with Gasteiger partial charge in [0.05, 0.1) is 18.2 Å². The minimum Gasteiger partial charge on any atom is -0.493 e. The van der Waals surface area contributed by atoms with Gasteiger partial charge >= 0.3 is 6.18 Å². The van der Waals surface area contributed by atoms with Gasteiger partial charge in [-0.3, -0.25) is 4.79 Å². The first-order chi connectivity index (χ1) is 17.0. The Morgan fingerprint density at radius 2 is 2.00 bits per heavy atom. The molecule has 0 aliphatic carbocycles. The Kier molecular flexibility index (Phi) is 7.21. The van der Waals surface area contributed by atoms with Crippen LogP contribution in [0.3, 0.4) is 0 Å². The number of fused-ring (bicyclic) bond motifs is 1. The number of nitrogens with zero attached hydrogens (tertiary/aromatic N) is 3. The van der Waals surface area contributed by atoms with Crippen LogP contribution in [0.4, 0.5) is 19.0 Å². The standard InChI is InChI=1S/C25H27F3N4O4/c1-14(16-6-5-7-17(8-16)25(26,27)28)29-24-19-9-22(21(34-4)10-20(19)30-15(2)31-24)36-12-18-11-32(3)23(33)13-35-18/h5-10,14,18H,11-13H2,1-4H3,(H,29,30,31)/t14-,18-/m1/s1. The number of morpholine rings is 1. The summed E-state index contributed by atoms with van der Waals surface area (Å²) in [7, 11) is 3.22. The number of benzene rings is 2. The zero-order valence-corrected chi connectivity index (χ0v) is 20.3. The third-order valence-corrected chi connectivity index (χ3v) is 5.93. The highest BCUT2D eigenvalue weighted by Crippen LogP contribution is 2.36. The van der Waals surface area contributed by atoms with E-state index in [2.05, 4.69) is 15.3 Å². The van der Waals surface area contributed by atoms with Crippen molar-refractivity contribution in [1.82, 2.24) is 14.9 Å². The molecular weight excluding hydrogens is 477 g/mol. The summed E-state index contributed by atoms with van der Waals surface area (Å²) in [5.41, 5.74) is 0.340. The van der Waals surface area contributed by atoms with Crippen molar-refractivity contribution in [1.29, 1.82) is 0 Å². The number of ether oxygens (including phenoxy) is 3. The maximum absolute atomic E-state index is 13.2. The molecule has 2 heterocycles. The third kappa shape index (κ3) is 5.62. The van der Waals surface area contributed by atoms with Gasteiger partial charge in [0.2, 0.25) is 5.91 Å². The normalized spacial score (nSPS) is 17.2. The highest BCUT2D eigenvalue weighted by atomic mass is 19.4. The van der Waals surface area contributed by atoms with E-state index in [1.165, 1.54) is 13.2 Å². The molecule has 2 atom stereocenters. The van der Waals surface area contributed by atoms with Gasteiger partial charge in [0.1, 0.15) is 31.0 Å². The fraction of sp³-hybridized carbons (Fsp3) is 0.400. The van der Waals surface area contributed by atoms with Crippen LogP contribution in [0.5, 0.6) is 11.5 Å². The van der Waals surface area contributed by atoms with Crippen LogP contribution in [0.2, 0.25) is 0 Å². The summed E-state index contributed by atoms with van der Waals surface area (Å²) in [5, 5.41) is 3.84. The van der Waals surface area contributed by atoms with E-state index in [1.54, 1.807) is 44.0 Å². The third-order valence-electron chi connectivity index (χ3n) is 5.93. The molecule has 0 radical (unpaired) electrons. The number of carbonyl (C=O) groups excluding carboxylic acids is 1. The highest BCUT2D eigenvalue weighted by Gasteiger charge is 2.31. The molecule has 3 aromatic rings. The van der Waals surface area contributed by atoms with Crippen molar-refractivity contribution in [3.8, 4) is 11.5 Å². The molecule has 192 valence electrons. The minimum absolute atomic E-state index is 0.00596. The summed E-state index contributed by atoms with van der Waals surface area (Å²) in [6, 6.07) is 8.15. The van der Waals surface area contributed by atoms with E-state index < -0.39 is 17.8 Å². The molecule has 1 fully saturated rings. The molecule has 1 aliphatic rings. The number of methoxy groups -OCH3 is 1. The van der Waals surface area contributed by atoms with E-state index in [0.717, 1.165) is 12.1 Å². The van der Waals surface area contributed by atoms with Gasteiger partial charge < -0.3 is 24.4 Å². The lowest BCUT2D eigenvalue weighted by Crippen LogP contribution is -2.46. The Bertz CT molecular complexity index is 1270. The van der Waals surface area contributed by atoms with E-state index in [1.807, 2.05) is 0 Å². The Morgan fingerprint density at radius 3 is 2.69 bits per heavy atom. The number of likely N-dealkylation sites (N-methyl/N-ethyl adjacent to an activating group) is 1. The van der Waals surface area contributed by atoms with Crippen LogP contribution in [0.1, 0.15) is 29.9 Å². The van der Waals surface area contributed by atoms with Gasteiger partial charge in [0, 0.05) is 31.1 Å². The summed E-state index contributed by atoms with van der Waals surface area (Å²) >= 11 is 0. The molecule has 1 N–H and O–H groups in total. The molecule has 2 aromatic carbocycles. The quantitative estimate of drug-likeness (QED) is 0.511. The summed E-state index contributed by atoms with van der Waals surface area (Å²) < 4.78 is 56.6. The average Bonchev–Trinajstić information content (AvgIpc) is 2.83. The van der Waals surface area contributed by atoms with E-state index in [4.69, 9.17) is 14.2 Å². The molecule has 1 amide bonds. The molecule has 36 heavy (non-hydrogen) atoms. The molecule has 8 nitrogen and oxygen atoms in total. The molecule has 0 spiro atoms. The summed E-state index contributed by atoms with van der Waals surface area (Å²) in [4.78, 5) is 22.2. The fourth-order valence-corrected chi connectivity index (χ4v) is 3.95. The van der Waals surface area contributed by atoms with Crippen molar-refractivity contribution < 1.29 is 32.2 Å². The fourth-order valence-electron chi connectivity index (χ4n) is 3.95. The SMILES string of the molecule is COc1cc2nc(C)nc(N[C@H](C)c3cccc(C(F)(F)F)c3)c2cc1OC[C@H]1CN(C)C(=O)CO1. The van der Waals surface area contributed by atoms with Crippen molar-refractivity contribution in [2.75, 3.05) is 39.2 Å². The largest absolute Gasteiger partial charge is 0.493 e. The number of hydrogen-bond donors (Lipinski definition) is 1. The molecule has 0 bridgehead atoms. The van der Waals surface area contributed by atoms with Gasteiger partial charge in [0.15, 0.2) is 11.5 Å². The second-order valence-electron chi connectivity index (χ2n) is 8.65. The van der Waals surface area contributed by atoms with Gasteiger partial charge in [-0.2, -0.15) is 13.2 Å². The molecule has 0 unspecified atom stereocenters. The first-order valence-electron chi connectivity index (χ1n) is 11.3. The Hall–Kier alpha value is -3.60. The van der Waals surface area contributed by atoms with Crippen LogP contribution in [-0.2, 0) is 15.7 Å². The first-order valence-corrected chi connectivity index (χ1v) is 11.3. The van der Waals surface area contributed by atoms with Crippen molar-refractivity contribution >= 4 is 22.6 Å². The van der Waals surface area contributed by atoms with Gasteiger partial charge in [-0.25, -0.2) is 9.97 Å². The Morgan fingerprint density at radius 1 is 1.22 bits per heavy atom. The van der Waals surface area contributed by atoms with Gasteiger partial charge in [-0.15, -0.1) is 0 Å². The van der Waals surface area contributed by atoms with Gasteiger partial charge in [0.25, 0.3) is 0 Å². The number of halogens is 3. The minimum atomic E-state index is -4.43. The van der Waals surface area contributed by atoms with E-state index in [0.29, 0.717) is 46.2 Å². The lowest BCUT2D eigenvalue weighted by atomic mass is 10.0. The summed E-state index contributed by atoms with van der Waals surface area (Å²) in [6.07, 6.45) is -4.73. The van der Waals surface area contributed by atoms with Crippen molar-refractivity contribution in [3.05, 3.63) is 53.3 Å². The van der Waals surface area contributed by atoms with Crippen LogP contribution < -0.4 is 14.8 Å². The number of hydrogen-bond acceptors (Lipinski definition) is 7. The zero-order chi connectivity index (χ0) is 26.0. The van der Waals surface area contributed by atoms with Crippen LogP contribution >= 0.6 is 0 Å². The number of aryl methyl sites for hydroxylation is 1. The molecule has 1 saturated heterocycles. The number of carbonyl (C=O) groups is 1. The van der Waals surface area contributed by atoms with Crippen molar-refractivity contribution in [2.45, 2.75) is 32.2 Å². The molecule has 11 heteroatoms. The maximum Gasteiger partial charge on any atom is 0.416 e. The van der Waals surface area contributed by atoms with Crippen molar-refractivity contribution in [3.63, 3.8) is 0 Å². The molecule has 0 saturated carbocycles. The smallest absolute Gasteiger partial charge is 0.416 e. The Labute approximate surface area is 206 Å². The van der Waals surface area contributed by atoms with Crippen LogP contribution in [0.15, 0.2) is 36.4 Å². The molecule has 4 rings (SSSR count). The number of aromatic nitrogens is 2. The molecule has 1 aliphatic heterocycles. The van der Waals surface area contributed by atoms with Crippen molar-refractivity contribution in [2.24, 2.45) is 0 Å². The lowest BCUT2D eigenvalue weighted by molar-refractivity contribution is -0.148. The maximum atomic E-state index is 13.2. The van der Waals surface area contributed by atoms with Gasteiger partial charge in [-0.05, 0) is 37.6 Å². The van der Waals surface area contributed by atoms with Crippen LogP contribution in [-0.4, -0.2) is 60.8 Å².